The van der Waals surface area contributed by atoms with Crippen LogP contribution in [0.4, 0.5) is 0 Å². The molecule has 0 aliphatic heterocycles. The van der Waals surface area contributed by atoms with Gasteiger partial charge in [-0.15, -0.1) is 24.0 Å². The number of guanidine groups is 1. The standard InChI is InChI=1S/C18H28N6O2S.HI/c1-13(2)17-15(12-24(5)22-17)11-23(4)18(20-3)21-10-14-7-6-8-16(9-14)27(19,25)26;/h6-9,12-13H,10-11H2,1-5H3,(H,20,21)(H2,19,25,26);1H. The molecule has 0 unspecified atom stereocenters. The molecule has 0 radical (unpaired) electrons. The minimum absolute atomic E-state index is 0. The van der Waals surface area contributed by atoms with Crippen LogP contribution in [0.3, 0.4) is 0 Å². The third-order valence-electron chi connectivity index (χ3n) is 4.14. The van der Waals surface area contributed by atoms with Gasteiger partial charge in [-0.2, -0.15) is 5.10 Å². The van der Waals surface area contributed by atoms with Crippen LogP contribution in [0, 0.1) is 0 Å². The molecule has 156 valence electrons. The maximum atomic E-state index is 11.5. The number of aromatic nitrogens is 2. The van der Waals surface area contributed by atoms with E-state index in [0.717, 1.165) is 16.8 Å². The topological polar surface area (TPSA) is 106 Å². The van der Waals surface area contributed by atoms with Gasteiger partial charge in [0.2, 0.25) is 10.0 Å². The maximum Gasteiger partial charge on any atom is 0.238 e. The predicted octanol–water partition coefficient (Wildman–Crippen LogP) is 2.02. The number of halogens is 1. The van der Waals surface area contributed by atoms with Gasteiger partial charge in [0, 0.05) is 46.0 Å². The van der Waals surface area contributed by atoms with Crippen molar-refractivity contribution < 1.29 is 8.42 Å². The molecule has 0 aliphatic carbocycles. The molecule has 8 nitrogen and oxygen atoms in total. The third kappa shape index (κ3) is 6.45. The minimum atomic E-state index is -3.71. The number of primary sulfonamides is 1. The van der Waals surface area contributed by atoms with Crippen LogP contribution in [-0.2, 0) is 30.2 Å². The summed E-state index contributed by atoms with van der Waals surface area (Å²) in [5.41, 5.74) is 3.02. The third-order valence-corrected chi connectivity index (χ3v) is 5.05. The number of hydrogen-bond donors (Lipinski definition) is 2. The molecule has 0 bridgehead atoms. The highest BCUT2D eigenvalue weighted by Crippen LogP contribution is 2.18. The van der Waals surface area contributed by atoms with Crippen molar-refractivity contribution in [3.8, 4) is 0 Å². The highest BCUT2D eigenvalue weighted by atomic mass is 127. The first-order valence-electron chi connectivity index (χ1n) is 8.67. The SMILES string of the molecule is CN=C(NCc1cccc(S(N)(=O)=O)c1)N(C)Cc1cn(C)nc1C(C)C.I. The van der Waals surface area contributed by atoms with E-state index in [0.29, 0.717) is 25.0 Å². The van der Waals surface area contributed by atoms with Gasteiger partial charge in [0.15, 0.2) is 5.96 Å². The van der Waals surface area contributed by atoms with Gasteiger partial charge in [-0.05, 0) is 23.6 Å². The van der Waals surface area contributed by atoms with E-state index in [1.165, 1.54) is 6.07 Å². The van der Waals surface area contributed by atoms with Crippen molar-refractivity contribution in [3.05, 3.63) is 47.3 Å². The Balaban J connectivity index is 0.00000392. The van der Waals surface area contributed by atoms with E-state index in [4.69, 9.17) is 5.14 Å². The van der Waals surface area contributed by atoms with Gasteiger partial charge < -0.3 is 10.2 Å². The maximum absolute atomic E-state index is 11.5. The van der Waals surface area contributed by atoms with Gasteiger partial charge in [0.25, 0.3) is 0 Å². The molecule has 0 amide bonds. The zero-order chi connectivity index (χ0) is 20.2. The number of nitrogens with one attached hydrogen (secondary N) is 1. The van der Waals surface area contributed by atoms with Crippen molar-refractivity contribution in [2.75, 3.05) is 14.1 Å². The van der Waals surface area contributed by atoms with Gasteiger partial charge in [0.1, 0.15) is 0 Å². The zero-order valence-corrected chi connectivity index (χ0v) is 20.0. The van der Waals surface area contributed by atoms with E-state index in [2.05, 4.69) is 29.3 Å². The Bertz CT molecular complexity index is 924. The van der Waals surface area contributed by atoms with E-state index < -0.39 is 10.0 Å². The smallest absolute Gasteiger partial charge is 0.238 e. The van der Waals surface area contributed by atoms with Crippen LogP contribution in [-0.4, -0.2) is 43.2 Å². The van der Waals surface area contributed by atoms with Crippen LogP contribution in [0.2, 0.25) is 0 Å². The number of hydrogen-bond acceptors (Lipinski definition) is 4. The van der Waals surface area contributed by atoms with Crippen LogP contribution in [0.15, 0.2) is 40.4 Å². The average molecular weight is 520 g/mol. The molecule has 0 spiro atoms. The molecular formula is C18H29IN6O2S. The van der Waals surface area contributed by atoms with Crippen LogP contribution < -0.4 is 10.5 Å². The van der Waals surface area contributed by atoms with Gasteiger partial charge in [-0.1, -0.05) is 26.0 Å². The predicted molar refractivity (Wildman–Crippen MR) is 122 cm³/mol. The van der Waals surface area contributed by atoms with Crippen molar-refractivity contribution in [2.24, 2.45) is 17.2 Å². The molecule has 0 fully saturated rings. The molecule has 0 saturated heterocycles. The highest BCUT2D eigenvalue weighted by Gasteiger charge is 2.15. The van der Waals surface area contributed by atoms with E-state index in [9.17, 15) is 8.42 Å². The summed E-state index contributed by atoms with van der Waals surface area (Å²) in [5.74, 6) is 1.04. The summed E-state index contributed by atoms with van der Waals surface area (Å²) >= 11 is 0. The lowest BCUT2D eigenvalue weighted by Crippen LogP contribution is -2.38. The van der Waals surface area contributed by atoms with E-state index in [1.54, 1.807) is 19.2 Å². The van der Waals surface area contributed by atoms with Gasteiger partial charge >= 0.3 is 0 Å². The van der Waals surface area contributed by atoms with E-state index >= 15 is 0 Å². The van der Waals surface area contributed by atoms with Gasteiger partial charge in [-0.25, -0.2) is 13.6 Å². The Morgan fingerprint density at radius 2 is 2.07 bits per heavy atom. The summed E-state index contributed by atoms with van der Waals surface area (Å²) < 4.78 is 24.8. The van der Waals surface area contributed by atoms with E-state index in [1.807, 2.05) is 35.9 Å². The Kier molecular flexibility index (Phi) is 8.89. The molecule has 2 rings (SSSR count). The summed E-state index contributed by atoms with van der Waals surface area (Å²) in [5, 5.41) is 13.0. The quantitative estimate of drug-likeness (QED) is 0.345. The highest BCUT2D eigenvalue weighted by molar-refractivity contribution is 14.0. The summed E-state index contributed by atoms with van der Waals surface area (Å²) in [6.07, 6.45) is 2.02. The Labute approximate surface area is 184 Å². The average Bonchev–Trinajstić information content (AvgIpc) is 2.95. The second-order valence-electron chi connectivity index (χ2n) is 6.82. The van der Waals surface area contributed by atoms with Crippen LogP contribution in [0.25, 0.3) is 0 Å². The zero-order valence-electron chi connectivity index (χ0n) is 16.9. The first kappa shape index (κ1) is 24.4. The number of sulfonamides is 1. The number of nitrogens with two attached hydrogens (primary N) is 1. The Morgan fingerprint density at radius 3 is 2.64 bits per heavy atom. The molecule has 0 atom stereocenters. The minimum Gasteiger partial charge on any atom is -0.352 e. The number of aliphatic imine (C=N–C) groups is 1. The lowest BCUT2D eigenvalue weighted by molar-refractivity contribution is 0.473. The fraction of sp³-hybridized carbons (Fsp3) is 0.444. The molecule has 0 aliphatic rings. The molecule has 1 heterocycles. The number of nitrogens with zero attached hydrogens (tertiary/aromatic N) is 4. The molecule has 28 heavy (non-hydrogen) atoms. The molecule has 1 aromatic carbocycles. The summed E-state index contributed by atoms with van der Waals surface area (Å²) in [6.45, 7) is 5.34. The normalized spacial score (nSPS) is 12.0. The Morgan fingerprint density at radius 1 is 1.39 bits per heavy atom. The lowest BCUT2D eigenvalue weighted by Gasteiger charge is -2.22. The fourth-order valence-corrected chi connectivity index (χ4v) is 3.48. The first-order valence-corrected chi connectivity index (χ1v) is 10.2. The van der Waals surface area contributed by atoms with Crippen molar-refractivity contribution in [1.29, 1.82) is 0 Å². The molecule has 10 heteroatoms. The number of aryl methyl sites for hydroxylation is 1. The van der Waals surface area contributed by atoms with Crippen LogP contribution in [0.5, 0.6) is 0 Å². The monoisotopic (exact) mass is 520 g/mol. The van der Waals surface area contributed by atoms with Crippen molar-refractivity contribution in [1.82, 2.24) is 20.0 Å². The van der Waals surface area contributed by atoms with Gasteiger partial charge in [-0.3, -0.25) is 9.67 Å². The van der Waals surface area contributed by atoms with Crippen LogP contribution in [0.1, 0.15) is 36.6 Å². The van der Waals surface area contributed by atoms with Gasteiger partial charge in [0.05, 0.1) is 10.6 Å². The summed E-state index contributed by atoms with van der Waals surface area (Å²) in [7, 11) is 1.87. The molecule has 3 N–H and O–H groups in total. The Hall–Kier alpha value is -1.66. The lowest BCUT2D eigenvalue weighted by atomic mass is 10.1. The second-order valence-corrected chi connectivity index (χ2v) is 8.38. The number of benzene rings is 1. The first-order chi connectivity index (χ1) is 12.6. The molecule has 1 aromatic heterocycles. The van der Waals surface area contributed by atoms with Crippen molar-refractivity contribution in [2.45, 2.75) is 37.8 Å². The largest absolute Gasteiger partial charge is 0.352 e. The fourth-order valence-electron chi connectivity index (χ4n) is 2.89. The van der Waals surface area contributed by atoms with Crippen molar-refractivity contribution >= 4 is 40.0 Å². The molecule has 0 saturated carbocycles. The summed E-state index contributed by atoms with van der Waals surface area (Å²) in [4.78, 5) is 6.42. The second kappa shape index (κ2) is 10.2. The van der Waals surface area contributed by atoms with Crippen molar-refractivity contribution in [3.63, 3.8) is 0 Å². The van der Waals surface area contributed by atoms with Crippen LogP contribution >= 0.6 is 24.0 Å². The summed E-state index contributed by atoms with van der Waals surface area (Å²) in [6, 6.07) is 6.56. The van der Waals surface area contributed by atoms with E-state index in [-0.39, 0.29) is 28.9 Å². The molecular weight excluding hydrogens is 491 g/mol. The number of rotatable bonds is 6. The molecule has 2 aromatic rings.